The van der Waals surface area contributed by atoms with Crippen LogP contribution < -0.4 is 5.32 Å². The maximum absolute atomic E-state index is 11.2. The quantitative estimate of drug-likeness (QED) is 0.761. The number of hydrogen-bond acceptors (Lipinski definition) is 4. The number of nitrogens with one attached hydrogen (secondary N) is 1. The molecule has 17 heavy (non-hydrogen) atoms. The number of benzene rings is 1. The van der Waals surface area contributed by atoms with Gasteiger partial charge in [0.25, 0.3) is 0 Å². The van der Waals surface area contributed by atoms with Gasteiger partial charge in [-0.2, -0.15) is 0 Å². The molecule has 0 saturated carbocycles. The summed E-state index contributed by atoms with van der Waals surface area (Å²) in [7, 11) is 1.38. The van der Waals surface area contributed by atoms with Crippen LogP contribution in [0.25, 0.3) is 0 Å². The second-order valence-electron chi connectivity index (χ2n) is 4.18. The maximum atomic E-state index is 11.2. The Bertz CT molecular complexity index is 361. The van der Waals surface area contributed by atoms with Crippen LogP contribution in [0.2, 0.25) is 0 Å². The summed E-state index contributed by atoms with van der Waals surface area (Å²) in [6.07, 6.45) is 0.793. The molecule has 1 unspecified atom stereocenters. The number of carbonyl (C=O) groups excluding carboxylic acids is 1. The zero-order chi connectivity index (χ0) is 12.8. The largest absolute Gasteiger partial charge is 0.508 e. The number of methoxy groups -OCH3 is 1. The highest BCUT2D eigenvalue weighted by atomic mass is 16.5. The zero-order valence-electron chi connectivity index (χ0n) is 10.4. The van der Waals surface area contributed by atoms with Crippen molar-refractivity contribution in [3.05, 3.63) is 29.8 Å². The molecule has 0 radical (unpaired) electrons. The van der Waals surface area contributed by atoms with Gasteiger partial charge in [-0.1, -0.05) is 12.1 Å². The van der Waals surface area contributed by atoms with Crippen LogP contribution in [0.15, 0.2) is 24.3 Å². The summed E-state index contributed by atoms with van der Waals surface area (Å²) in [5, 5.41) is 12.3. The Morgan fingerprint density at radius 1 is 1.35 bits per heavy atom. The minimum absolute atomic E-state index is 0.161. The monoisotopic (exact) mass is 237 g/mol. The van der Waals surface area contributed by atoms with Crippen molar-refractivity contribution in [1.82, 2.24) is 5.32 Å². The molecule has 0 bridgehead atoms. The molecule has 4 nitrogen and oxygen atoms in total. The van der Waals surface area contributed by atoms with Crippen molar-refractivity contribution < 1.29 is 14.6 Å². The zero-order valence-corrected chi connectivity index (χ0v) is 10.4. The Labute approximate surface area is 102 Å². The van der Waals surface area contributed by atoms with Crippen LogP contribution in [-0.4, -0.2) is 30.3 Å². The molecule has 0 aliphatic heterocycles. The standard InChI is InChI=1S/C13H19NO3/c1-9(14-10(2)13(16)17-3)8-11-4-6-12(15)7-5-11/h4-7,9-10,14-15H,8H2,1-3H3/t9?,10-/m0/s1. The van der Waals surface area contributed by atoms with E-state index in [1.807, 2.05) is 19.1 Å². The summed E-state index contributed by atoms with van der Waals surface area (Å²) in [5.74, 6) is -0.000141. The average Bonchev–Trinajstić information content (AvgIpc) is 2.30. The molecule has 0 amide bonds. The summed E-state index contributed by atoms with van der Waals surface area (Å²) < 4.78 is 4.64. The van der Waals surface area contributed by atoms with Gasteiger partial charge in [0.15, 0.2) is 0 Å². The van der Waals surface area contributed by atoms with Crippen molar-refractivity contribution >= 4 is 5.97 Å². The lowest BCUT2D eigenvalue weighted by Gasteiger charge is -2.18. The molecule has 0 heterocycles. The Morgan fingerprint density at radius 3 is 2.47 bits per heavy atom. The topological polar surface area (TPSA) is 58.6 Å². The molecule has 1 rings (SSSR count). The van der Waals surface area contributed by atoms with E-state index in [0.717, 1.165) is 12.0 Å². The molecule has 0 saturated heterocycles. The number of phenols is 1. The summed E-state index contributed by atoms with van der Waals surface area (Å²) >= 11 is 0. The first-order chi connectivity index (χ1) is 8.02. The highest BCUT2D eigenvalue weighted by Gasteiger charge is 2.15. The number of ether oxygens (including phenoxy) is 1. The van der Waals surface area contributed by atoms with Crippen molar-refractivity contribution in [2.24, 2.45) is 0 Å². The number of rotatable bonds is 5. The van der Waals surface area contributed by atoms with Gasteiger partial charge in [0.05, 0.1) is 7.11 Å². The molecular formula is C13H19NO3. The molecule has 2 atom stereocenters. The molecule has 94 valence electrons. The van der Waals surface area contributed by atoms with Gasteiger partial charge in [0, 0.05) is 6.04 Å². The van der Waals surface area contributed by atoms with Crippen molar-refractivity contribution in [2.45, 2.75) is 32.4 Å². The van der Waals surface area contributed by atoms with Crippen LogP contribution in [0.5, 0.6) is 5.75 Å². The Hall–Kier alpha value is -1.55. The van der Waals surface area contributed by atoms with Gasteiger partial charge in [-0.3, -0.25) is 4.79 Å². The van der Waals surface area contributed by atoms with Gasteiger partial charge >= 0.3 is 5.97 Å². The molecular weight excluding hydrogens is 218 g/mol. The lowest BCUT2D eigenvalue weighted by Crippen LogP contribution is -2.41. The van der Waals surface area contributed by atoms with Crippen LogP contribution >= 0.6 is 0 Å². The molecule has 2 N–H and O–H groups in total. The minimum atomic E-state index is -0.313. The van der Waals surface area contributed by atoms with Crippen molar-refractivity contribution in [2.75, 3.05) is 7.11 Å². The molecule has 4 heteroatoms. The molecule has 0 aliphatic rings. The van der Waals surface area contributed by atoms with Gasteiger partial charge in [-0.25, -0.2) is 0 Å². The molecule has 1 aromatic rings. The fourth-order valence-corrected chi connectivity index (χ4v) is 1.72. The van der Waals surface area contributed by atoms with E-state index in [2.05, 4.69) is 10.1 Å². The SMILES string of the molecule is COC(=O)[C@H](C)NC(C)Cc1ccc(O)cc1. The van der Waals surface area contributed by atoms with Crippen molar-refractivity contribution in [1.29, 1.82) is 0 Å². The van der Waals surface area contributed by atoms with Crippen molar-refractivity contribution in [3.8, 4) is 5.75 Å². The van der Waals surface area contributed by atoms with Crippen molar-refractivity contribution in [3.63, 3.8) is 0 Å². The summed E-state index contributed by atoms with van der Waals surface area (Å²) in [6, 6.07) is 6.91. The molecule has 0 aliphatic carbocycles. The smallest absolute Gasteiger partial charge is 0.322 e. The second kappa shape index (κ2) is 6.25. The van der Waals surface area contributed by atoms with E-state index >= 15 is 0 Å². The fraction of sp³-hybridized carbons (Fsp3) is 0.462. The average molecular weight is 237 g/mol. The third kappa shape index (κ3) is 4.44. The third-order valence-electron chi connectivity index (χ3n) is 2.57. The van der Waals surface area contributed by atoms with Crippen LogP contribution in [0, 0.1) is 0 Å². The fourth-order valence-electron chi connectivity index (χ4n) is 1.72. The van der Waals surface area contributed by atoms with Gasteiger partial charge in [-0.15, -0.1) is 0 Å². The first-order valence-corrected chi connectivity index (χ1v) is 5.64. The Balaban J connectivity index is 2.46. The predicted octanol–water partition coefficient (Wildman–Crippen LogP) is 1.47. The highest BCUT2D eigenvalue weighted by Crippen LogP contribution is 2.11. The normalized spacial score (nSPS) is 14.1. The first kappa shape index (κ1) is 13.5. The number of hydrogen-bond donors (Lipinski definition) is 2. The van der Waals surface area contributed by atoms with Gasteiger partial charge in [0.1, 0.15) is 11.8 Å². The van der Waals surface area contributed by atoms with Crippen LogP contribution in [-0.2, 0) is 16.0 Å². The number of aromatic hydroxyl groups is 1. The van der Waals surface area contributed by atoms with Gasteiger partial charge in [0.2, 0.25) is 0 Å². The van der Waals surface area contributed by atoms with E-state index in [-0.39, 0.29) is 23.8 Å². The van der Waals surface area contributed by atoms with E-state index in [1.54, 1.807) is 19.1 Å². The first-order valence-electron chi connectivity index (χ1n) is 5.64. The lowest BCUT2D eigenvalue weighted by molar-refractivity contribution is -0.142. The van der Waals surface area contributed by atoms with Crippen LogP contribution in [0.1, 0.15) is 19.4 Å². The maximum Gasteiger partial charge on any atom is 0.322 e. The predicted molar refractivity (Wildman–Crippen MR) is 65.9 cm³/mol. The van der Waals surface area contributed by atoms with E-state index in [4.69, 9.17) is 5.11 Å². The lowest BCUT2D eigenvalue weighted by atomic mass is 10.1. The van der Waals surface area contributed by atoms with E-state index < -0.39 is 0 Å². The summed E-state index contributed by atoms with van der Waals surface area (Å²) in [5.41, 5.74) is 1.11. The number of carbonyl (C=O) groups is 1. The van der Waals surface area contributed by atoms with Crippen LogP contribution in [0.3, 0.4) is 0 Å². The third-order valence-corrected chi connectivity index (χ3v) is 2.57. The molecule has 0 fully saturated rings. The number of phenolic OH excluding ortho intramolecular Hbond substituents is 1. The molecule has 0 aromatic heterocycles. The highest BCUT2D eigenvalue weighted by molar-refractivity contribution is 5.75. The molecule has 1 aromatic carbocycles. The minimum Gasteiger partial charge on any atom is -0.508 e. The van der Waals surface area contributed by atoms with E-state index in [9.17, 15) is 4.79 Å². The molecule has 0 spiro atoms. The van der Waals surface area contributed by atoms with Gasteiger partial charge in [-0.05, 0) is 38.0 Å². The summed E-state index contributed by atoms with van der Waals surface area (Å²) in [6.45, 7) is 3.78. The Kier molecular flexibility index (Phi) is 4.97. The summed E-state index contributed by atoms with van der Waals surface area (Å²) in [4.78, 5) is 11.2. The Morgan fingerprint density at radius 2 is 1.94 bits per heavy atom. The van der Waals surface area contributed by atoms with E-state index in [0.29, 0.717) is 0 Å². The van der Waals surface area contributed by atoms with E-state index in [1.165, 1.54) is 7.11 Å². The van der Waals surface area contributed by atoms with Gasteiger partial charge < -0.3 is 15.2 Å². The second-order valence-corrected chi connectivity index (χ2v) is 4.18. The van der Waals surface area contributed by atoms with Crippen LogP contribution in [0.4, 0.5) is 0 Å². The number of esters is 1.